The van der Waals surface area contributed by atoms with E-state index in [1.165, 1.54) is 0 Å². The van der Waals surface area contributed by atoms with Crippen molar-refractivity contribution in [1.29, 1.82) is 0 Å². The van der Waals surface area contributed by atoms with Crippen molar-refractivity contribution in [2.45, 2.75) is 0 Å². The zero-order valence-electron chi connectivity index (χ0n) is 8.70. The van der Waals surface area contributed by atoms with Gasteiger partial charge >= 0.3 is 0 Å². The van der Waals surface area contributed by atoms with Crippen LogP contribution in [0.1, 0.15) is 0 Å². The van der Waals surface area contributed by atoms with Crippen molar-refractivity contribution in [3.63, 3.8) is 0 Å². The molecule has 0 saturated carbocycles. The lowest BCUT2D eigenvalue weighted by atomic mass is 10.3. The Bertz CT molecular complexity index is 630. The highest BCUT2D eigenvalue weighted by atomic mass is 16.5. The molecule has 3 aromatic rings. The molecule has 17 heavy (non-hydrogen) atoms. The van der Waals surface area contributed by atoms with E-state index < -0.39 is 0 Å². The molecule has 84 valence electrons. The number of nitrogens with two attached hydrogens (primary N) is 1. The molecule has 0 aliphatic rings. The smallest absolute Gasteiger partial charge is 0.279 e. The lowest BCUT2D eigenvalue weighted by Crippen LogP contribution is -1.92. The van der Waals surface area contributed by atoms with Gasteiger partial charge in [0.05, 0.1) is 12.0 Å². The number of hydrogen-bond donors (Lipinski definition) is 1. The minimum absolute atomic E-state index is 0.273. The first kappa shape index (κ1) is 9.59. The van der Waals surface area contributed by atoms with Gasteiger partial charge in [-0.1, -0.05) is 5.16 Å². The van der Waals surface area contributed by atoms with E-state index in [-0.39, 0.29) is 5.89 Å². The standard InChI is InChI=1S/C11H8N4O2/c12-7-3-1-5-13-9(7)11-14-10(15-17-11)8-4-2-6-16-8/h1-6H,12H2. The maximum atomic E-state index is 5.77. The van der Waals surface area contributed by atoms with Crippen LogP contribution in [0.3, 0.4) is 0 Å². The van der Waals surface area contributed by atoms with Crippen LogP contribution in [0, 0.1) is 0 Å². The van der Waals surface area contributed by atoms with Gasteiger partial charge in [-0.2, -0.15) is 4.98 Å². The van der Waals surface area contributed by atoms with E-state index in [0.29, 0.717) is 23.0 Å². The minimum atomic E-state index is 0.273. The van der Waals surface area contributed by atoms with Crippen LogP contribution in [-0.2, 0) is 0 Å². The second-order valence-corrected chi connectivity index (χ2v) is 3.34. The number of nitrogens with zero attached hydrogens (tertiary/aromatic N) is 3. The molecular weight excluding hydrogens is 220 g/mol. The monoisotopic (exact) mass is 228 g/mol. The van der Waals surface area contributed by atoms with Crippen LogP contribution in [0.15, 0.2) is 45.7 Å². The maximum Gasteiger partial charge on any atom is 0.279 e. The molecule has 0 amide bonds. The Morgan fingerprint density at radius 1 is 1.18 bits per heavy atom. The fraction of sp³-hybridized carbons (Fsp3) is 0. The highest BCUT2D eigenvalue weighted by Gasteiger charge is 2.15. The van der Waals surface area contributed by atoms with Crippen LogP contribution < -0.4 is 5.73 Å². The molecule has 0 atom stereocenters. The van der Waals surface area contributed by atoms with Crippen LogP contribution in [-0.4, -0.2) is 15.1 Å². The molecule has 0 bridgehead atoms. The molecule has 6 nitrogen and oxygen atoms in total. The van der Waals surface area contributed by atoms with Gasteiger partial charge in [-0.25, -0.2) is 4.98 Å². The minimum Gasteiger partial charge on any atom is -0.461 e. The predicted molar refractivity (Wildman–Crippen MR) is 59.6 cm³/mol. The van der Waals surface area contributed by atoms with Crippen LogP contribution in [0.5, 0.6) is 0 Å². The summed E-state index contributed by atoms with van der Waals surface area (Å²) in [6, 6.07) is 6.96. The van der Waals surface area contributed by atoms with Crippen molar-refractivity contribution in [3.8, 4) is 23.2 Å². The molecule has 0 aliphatic carbocycles. The van der Waals surface area contributed by atoms with Crippen LogP contribution >= 0.6 is 0 Å². The average molecular weight is 228 g/mol. The molecule has 6 heteroatoms. The Balaban J connectivity index is 2.04. The zero-order valence-corrected chi connectivity index (χ0v) is 8.70. The maximum absolute atomic E-state index is 5.77. The summed E-state index contributed by atoms with van der Waals surface area (Å²) in [7, 11) is 0. The molecule has 0 spiro atoms. The SMILES string of the molecule is Nc1cccnc1-c1nc(-c2ccco2)no1. The molecule has 0 aliphatic heterocycles. The largest absolute Gasteiger partial charge is 0.461 e. The highest BCUT2D eigenvalue weighted by Crippen LogP contribution is 2.24. The van der Waals surface area contributed by atoms with E-state index in [0.717, 1.165) is 0 Å². The van der Waals surface area contributed by atoms with E-state index >= 15 is 0 Å². The van der Waals surface area contributed by atoms with E-state index in [1.54, 1.807) is 36.7 Å². The van der Waals surface area contributed by atoms with Crippen molar-refractivity contribution in [3.05, 3.63) is 36.7 Å². The summed E-state index contributed by atoms with van der Waals surface area (Å²) in [6.45, 7) is 0. The predicted octanol–water partition coefficient (Wildman–Crippen LogP) is 1.97. The third-order valence-corrected chi connectivity index (χ3v) is 2.21. The molecule has 0 unspecified atom stereocenters. The van der Waals surface area contributed by atoms with E-state index in [4.69, 9.17) is 14.7 Å². The Morgan fingerprint density at radius 3 is 2.88 bits per heavy atom. The quantitative estimate of drug-likeness (QED) is 0.721. The lowest BCUT2D eigenvalue weighted by Gasteiger charge is -1.96. The number of aromatic nitrogens is 3. The van der Waals surface area contributed by atoms with Gasteiger partial charge in [0.15, 0.2) is 11.5 Å². The Hall–Kier alpha value is -2.63. The molecule has 0 saturated heterocycles. The van der Waals surface area contributed by atoms with Crippen LogP contribution in [0.2, 0.25) is 0 Å². The third kappa shape index (κ3) is 1.65. The van der Waals surface area contributed by atoms with Crippen molar-refractivity contribution in [2.24, 2.45) is 0 Å². The average Bonchev–Trinajstić information content (AvgIpc) is 3.00. The number of nitrogen functional groups attached to an aromatic ring is 1. The van der Waals surface area contributed by atoms with Crippen molar-refractivity contribution < 1.29 is 8.94 Å². The fourth-order valence-corrected chi connectivity index (χ4v) is 1.42. The summed E-state index contributed by atoms with van der Waals surface area (Å²) < 4.78 is 10.3. The fourth-order valence-electron chi connectivity index (χ4n) is 1.42. The molecule has 0 fully saturated rings. The highest BCUT2D eigenvalue weighted by molar-refractivity contribution is 5.66. The van der Waals surface area contributed by atoms with Gasteiger partial charge < -0.3 is 14.7 Å². The Morgan fingerprint density at radius 2 is 2.12 bits per heavy atom. The number of pyridine rings is 1. The normalized spacial score (nSPS) is 10.6. The lowest BCUT2D eigenvalue weighted by molar-refractivity contribution is 0.428. The van der Waals surface area contributed by atoms with Crippen molar-refractivity contribution in [1.82, 2.24) is 15.1 Å². The summed E-state index contributed by atoms with van der Waals surface area (Å²) in [6.07, 6.45) is 3.16. The molecular formula is C11H8N4O2. The summed E-state index contributed by atoms with van der Waals surface area (Å²) in [5.41, 5.74) is 6.73. The van der Waals surface area contributed by atoms with Crippen LogP contribution in [0.25, 0.3) is 23.2 Å². The first-order chi connectivity index (χ1) is 8.34. The van der Waals surface area contributed by atoms with Gasteiger partial charge in [0.25, 0.3) is 5.89 Å². The van der Waals surface area contributed by atoms with Gasteiger partial charge in [0, 0.05) is 6.20 Å². The number of furan rings is 1. The summed E-state index contributed by atoms with van der Waals surface area (Å²) >= 11 is 0. The second-order valence-electron chi connectivity index (χ2n) is 3.34. The Kier molecular flexibility index (Phi) is 2.11. The van der Waals surface area contributed by atoms with Crippen molar-refractivity contribution >= 4 is 5.69 Å². The Labute approximate surface area is 96.1 Å². The van der Waals surface area contributed by atoms with Gasteiger partial charge in [-0.15, -0.1) is 0 Å². The molecule has 3 aromatic heterocycles. The van der Waals surface area contributed by atoms with Gasteiger partial charge in [0.1, 0.15) is 0 Å². The summed E-state index contributed by atoms with van der Waals surface area (Å²) in [5, 5.41) is 3.80. The first-order valence-electron chi connectivity index (χ1n) is 4.93. The third-order valence-electron chi connectivity index (χ3n) is 2.21. The van der Waals surface area contributed by atoms with E-state index in [1.807, 2.05) is 0 Å². The summed E-state index contributed by atoms with van der Waals surface area (Å²) in [4.78, 5) is 8.26. The second kappa shape index (κ2) is 3.75. The molecule has 2 N–H and O–H groups in total. The van der Waals surface area contributed by atoms with Crippen molar-refractivity contribution in [2.75, 3.05) is 5.73 Å². The van der Waals surface area contributed by atoms with Gasteiger partial charge in [0.2, 0.25) is 5.82 Å². The van der Waals surface area contributed by atoms with Gasteiger partial charge in [-0.05, 0) is 24.3 Å². The first-order valence-corrected chi connectivity index (χ1v) is 4.93. The summed E-state index contributed by atoms with van der Waals surface area (Å²) in [5.74, 6) is 1.18. The van der Waals surface area contributed by atoms with E-state index in [9.17, 15) is 0 Å². The zero-order chi connectivity index (χ0) is 11.7. The van der Waals surface area contributed by atoms with E-state index in [2.05, 4.69) is 15.1 Å². The number of hydrogen-bond acceptors (Lipinski definition) is 6. The molecule has 3 rings (SSSR count). The number of rotatable bonds is 2. The topological polar surface area (TPSA) is 91.0 Å². The van der Waals surface area contributed by atoms with Gasteiger partial charge in [-0.3, -0.25) is 0 Å². The molecule has 0 aromatic carbocycles. The molecule has 3 heterocycles. The van der Waals surface area contributed by atoms with Crippen LogP contribution in [0.4, 0.5) is 5.69 Å². The number of anilines is 1. The molecule has 0 radical (unpaired) electrons.